The van der Waals surface area contributed by atoms with Gasteiger partial charge in [-0.3, -0.25) is 4.68 Å². The zero-order valence-electron chi connectivity index (χ0n) is 9.72. The second-order valence-electron chi connectivity index (χ2n) is 4.21. The van der Waals surface area contributed by atoms with E-state index in [9.17, 15) is 0 Å². The van der Waals surface area contributed by atoms with Crippen LogP contribution in [0.1, 0.15) is 16.6 Å². The number of rotatable bonds is 1. The van der Waals surface area contributed by atoms with Crippen molar-refractivity contribution in [2.75, 3.05) is 17.2 Å². The third-order valence-electron chi connectivity index (χ3n) is 3.00. The third kappa shape index (κ3) is 2.02. The molecule has 1 aromatic heterocycles. The third-order valence-corrected chi connectivity index (χ3v) is 6.02. The molecule has 1 aliphatic rings. The van der Waals surface area contributed by atoms with Gasteiger partial charge in [0, 0.05) is 12.4 Å². The van der Waals surface area contributed by atoms with Gasteiger partial charge in [-0.15, -0.1) is 23.5 Å². The molecule has 1 saturated heterocycles. The summed E-state index contributed by atoms with van der Waals surface area (Å²) < 4.78 is 2.41. The Hall–Kier alpha value is -0.810. The molecule has 0 radical (unpaired) electrons. The molecule has 0 spiro atoms. The number of fused-ring (bicyclic) bond motifs is 1. The molecule has 17 heavy (non-hydrogen) atoms. The van der Waals surface area contributed by atoms with Crippen molar-refractivity contribution in [3.63, 3.8) is 0 Å². The number of thioether (sulfide) groups is 2. The van der Waals surface area contributed by atoms with Crippen molar-refractivity contribution in [1.29, 1.82) is 0 Å². The van der Waals surface area contributed by atoms with E-state index in [0.717, 1.165) is 10.9 Å². The predicted octanol–water partition coefficient (Wildman–Crippen LogP) is 3.02. The van der Waals surface area contributed by atoms with Gasteiger partial charge in [0.1, 0.15) is 0 Å². The lowest BCUT2D eigenvalue weighted by atomic mass is 10.2. The van der Waals surface area contributed by atoms with Crippen molar-refractivity contribution < 1.29 is 0 Å². The largest absolute Gasteiger partial charge is 0.382 e. The minimum absolute atomic E-state index is 0.563. The Bertz CT molecular complexity index is 544. The molecule has 0 atom stereocenters. The normalized spacial score (nSPS) is 17.7. The summed E-state index contributed by atoms with van der Waals surface area (Å²) in [5.74, 6) is 3.16. The monoisotopic (exact) mass is 265 g/mol. The van der Waals surface area contributed by atoms with Crippen molar-refractivity contribution in [1.82, 2.24) is 9.78 Å². The number of anilines is 1. The maximum absolute atomic E-state index is 5.93. The highest BCUT2D eigenvalue weighted by atomic mass is 32.2. The number of hydrogen-bond donors (Lipinski definition) is 1. The van der Waals surface area contributed by atoms with Crippen molar-refractivity contribution in [2.24, 2.45) is 7.05 Å². The van der Waals surface area contributed by atoms with Crippen LogP contribution in [0.5, 0.6) is 0 Å². The van der Waals surface area contributed by atoms with Gasteiger partial charge in [-0.05, 0) is 35.6 Å². The maximum atomic E-state index is 5.93. The molecule has 1 aromatic carbocycles. The standard InChI is InChI=1S/C12H15N3S2/c1-15-10-4-3-8(7-9(10)11(13)14-15)12-16-5-2-6-17-12/h3-4,7,12H,2,5-6H2,1H3,(H2,13,14). The summed E-state index contributed by atoms with van der Waals surface area (Å²) in [5, 5.41) is 5.34. The second kappa shape index (κ2) is 4.46. The highest BCUT2D eigenvalue weighted by molar-refractivity contribution is 8.16. The topological polar surface area (TPSA) is 43.8 Å². The number of nitrogens with two attached hydrogens (primary N) is 1. The lowest BCUT2D eigenvalue weighted by Gasteiger charge is -2.21. The number of benzene rings is 1. The summed E-state index contributed by atoms with van der Waals surface area (Å²) in [4.78, 5) is 0. The summed E-state index contributed by atoms with van der Waals surface area (Å²) in [6, 6.07) is 6.54. The van der Waals surface area contributed by atoms with Crippen LogP contribution in [-0.4, -0.2) is 21.3 Å². The molecule has 2 N–H and O–H groups in total. The van der Waals surface area contributed by atoms with E-state index in [0.29, 0.717) is 10.4 Å². The maximum Gasteiger partial charge on any atom is 0.153 e. The van der Waals surface area contributed by atoms with Crippen LogP contribution in [0.25, 0.3) is 10.9 Å². The lowest BCUT2D eigenvalue weighted by Crippen LogP contribution is -2.00. The highest BCUT2D eigenvalue weighted by Crippen LogP contribution is 2.44. The van der Waals surface area contributed by atoms with Gasteiger partial charge in [-0.1, -0.05) is 6.07 Å². The molecular weight excluding hydrogens is 250 g/mol. The van der Waals surface area contributed by atoms with Gasteiger partial charge in [0.2, 0.25) is 0 Å². The van der Waals surface area contributed by atoms with Gasteiger partial charge in [0.25, 0.3) is 0 Å². The SMILES string of the molecule is Cn1nc(N)c2cc(C3SCCCS3)ccc21. The Morgan fingerprint density at radius 1 is 1.35 bits per heavy atom. The minimum atomic E-state index is 0.563. The molecule has 1 aliphatic heterocycles. The van der Waals surface area contributed by atoms with Crippen molar-refractivity contribution in [2.45, 2.75) is 11.0 Å². The Labute approximate surface area is 109 Å². The van der Waals surface area contributed by atoms with Crippen LogP contribution in [0.15, 0.2) is 18.2 Å². The first-order chi connectivity index (χ1) is 8.25. The Morgan fingerprint density at radius 3 is 2.88 bits per heavy atom. The quantitative estimate of drug-likeness (QED) is 0.861. The Kier molecular flexibility index (Phi) is 2.96. The summed E-state index contributed by atoms with van der Waals surface area (Å²) in [6.07, 6.45) is 1.32. The molecule has 5 heteroatoms. The van der Waals surface area contributed by atoms with Crippen LogP contribution in [-0.2, 0) is 7.05 Å². The van der Waals surface area contributed by atoms with Crippen molar-refractivity contribution >= 4 is 40.2 Å². The predicted molar refractivity (Wildman–Crippen MR) is 77.4 cm³/mol. The van der Waals surface area contributed by atoms with Crippen LogP contribution < -0.4 is 5.73 Å². The summed E-state index contributed by atoms with van der Waals surface area (Å²) >= 11 is 4.06. The molecular formula is C12H15N3S2. The van der Waals surface area contributed by atoms with E-state index < -0.39 is 0 Å². The van der Waals surface area contributed by atoms with E-state index in [1.807, 2.05) is 35.3 Å². The number of aryl methyl sites for hydroxylation is 1. The van der Waals surface area contributed by atoms with Crippen molar-refractivity contribution in [3.05, 3.63) is 23.8 Å². The molecule has 2 aromatic rings. The van der Waals surface area contributed by atoms with Crippen molar-refractivity contribution in [3.8, 4) is 0 Å². The second-order valence-corrected chi connectivity index (χ2v) is 6.94. The van der Waals surface area contributed by atoms with E-state index in [4.69, 9.17) is 5.73 Å². The van der Waals surface area contributed by atoms with Gasteiger partial charge in [-0.25, -0.2) is 0 Å². The first-order valence-electron chi connectivity index (χ1n) is 5.71. The Balaban J connectivity index is 2.03. The molecule has 0 amide bonds. The molecule has 1 fully saturated rings. The van der Waals surface area contributed by atoms with E-state index >= 15 is 0 Å². The number of aromatic nitrogens is 2. The molecule has 0 saturated carbocycles. The van der Waals surface area contributed by atoms with Gasteiger partial charge >= 0.3 is 0 Å². The summed E-state index contributed by atoms with van der Waals surface area (Å²) in [7, 11) is 1.93. The fourth-order valence-electron chi connectivity index (χ4n) is 2.14. The highest BCUT2D eigenvalue weighted by Gasteiger charge is 2.17. The van der Waals surface area contributed by atoms with Crippen LogP contribution in [0.3, 0.4) is 0 Å². The van der Waals surface area contributed by atoms with E-state index in [1.165, 1.54) is 23.5 Å². The fraction of sp³-hybridized carbons (Fsp3) is 0.417. The molecule has 2 heterocycles. The smallest absolute Gasteiger partial charge is 0.153 e. The van der Waals surface area contributed by atoms with Crippen LogP contribution in [0, 0.1) is 0 Å². The zero-order chi connectivity index (χ0) is 11.8. The average molecular weight is 265 g/mol. The number of nitrogens with zero attached hydrogens (tertiary/aromatic N) is 2. The van der Waals surface area contributed by atoms with E-state index in [-0.39, 0.29) is 0 Å². The summed E-state index contributed by atoms with van der Waals surface area (Å²) in [5.41, 5.74) is 8.41. The molecule has 3 nitrogen and oxygen atoms in total. The minimum Gasteiger partial charge on any atom is -0.382 e. The van der Waals surface area contributed by atoms with Gasteiger partial charge < -0.3 is 5.73 Å². The number of hydrogen-bond acceptors (Lipinski definition) is 4. The van der Waals surface area contributed by atoms with Gasteiger partial charge in [-0.2, -0.15) is 5.10 Å². The molecule has 0 unspecified atom stereocenters. The molecule has 3 rings (SSSR count). The fourth-order valence-corrected chi connectivity index (χ4v) is 5.01. The molecule has 0 aliphatic carbocycles. The Morgan fingerprint density at radius 2 is 2.12 bits per heavy atom. The van der Waals surface area contributed by atoms with E-state index in [1.54, 1.807) is 0 Å². The molecule has 90 valence electrons. The van der Waals surface area contributed by atoms with Gasteiger partial charge in [0.15, 0.2) is 5.82 Å². The first-order valence-corrected chi connectivity index (χ1v) is 7.81. The summed E-state index contributed by atoms with van der Waals surface area (Å²) in [6.45, 7) is 0. The van der Waals surface area contributed by atoms with Gasteiger partial charge in [0.05, 0.1) is 10.1 Å². The first kappa shape index (κ1) is 11.3. The van der Waals surface area contributed by atoms with E-state index in [2.05, 4.69) is 23.3 Å². The average Bonchev–Trinajstić information content (AvgIpc) is 2.66. The number of nitrogen functional groups attached to an aromatic ring is 1. The van der Waals surface area contributed by atoms with Crippen LogP contribution in [0.4, 0.5) is 5.82 Å². The van der Waals surface area contributed by atoms with Crippen LogP contribution in [0.2, 0.25) is 0 Å². The van der Waals surface area contributed by atoms with Crippen LogP contribution >= 0.6 is 23.5 Å². The lowest BCUT2D eigenvalue weighted by molar-refractivity contribution is 0.802. The molecule has 0 bridgehead atoms. The zero-order valence-corrected chi connectivity index (χ0v) is 11.4.